The first-order chi connectivity index (χ1) is 10.1. The first-order valence-electron chi connectivity index (χ1n) is 6.45. The Balaban J connectivity index is 1.90. The van der Waals surface area contributed by atoms with Crippen LogP contribution in [0.25, 0.3) is 0 Å². The summed E-state index contributed by atoms with van der Waals surface area (Å²) < 4.78 is 0.910. The van der Waals surface area contributed by atoms with Gasteiger partial charge in [0.2, 0.25) is 0 Å². The Hall–Kier alpha value is -1.66. The molecule has 0 N–H and O–H groups in total. The number of nitrogens with zero attached hydrogens (tertiary/aromatic N) is 2. The van der Waals surface area contributed by atoms with Gasteiger partial charge in [-0.2, -0.15) is 0 Å². The van der Waals surface area contributed by atoms with E-state index < -0.39 is 0 Å². The Bertz CT molecular complexity index is 713. The van der Waals surface area contributed by atoms with Crippen molar-refractivity contribution in [2.24, 2.45) is 0 Å². The molecule has 2 amide bonds. The molecule has 21 heavy (non-hydrogen) atoms. The molecule has 1 aromatic carbocycles. The third kappa shape index (κ3) is 2.73. The van der Waals surface area contributed by atoms with Gasteiger partial charge in [0.15, 0.2) is 5.78 Å². The lowest BCUT2D eigenvalue weighted by molar-refractivity contribution is 0.100. The maximum atomic E-state index is 12.4. The molecule has 2 aromatic rings. The fourth-order valence-electron chi connectivity index (χ4n) is 2.38. The fraction of sp³-hybridized carbons (Fsp3) is 0.200. The number of Topliss-reactive ketones (excluding diaryl/α,β-unsaturated/α-hetero) is 1. The molecule has 0 unspecified atom stereocenters. The van der Waals surface area contributed by atoms with E-state index in [9.17, 15) is 9.59 Å². The summed E-state index contributed by atoms with van der Waals surface area (Å²) in [6, 6.07) is 11.2. The summed E-state index contributed by atoms with van der Waals surface area (Å²) in [6.07, 6.45) is 0. The van der Waals surface area contributed by atoms with E-state index in [-0.39, 0.29) is 18.4 Å². The maximum Gasteiger partial charge on any atom is 0.324 e. The van der Waals surface area contributed by atoms with Crippen LogP contribution in [0.1, 0.15) is 15.2 Å². The highest BCUT2D eigenvalue weighted by Gasteiger charge is 2.29. The molecule has 0 bridgehead atoms. The minimum atomic E-state index is -0.141. The number of rotatable bonds is 3. The lowest BCUT2D eigenvalue weighted by atomic mass is 10.1. The summed E-state index contributed by atoms with van der Waals surface area (Å²) in [4.78, 5) is 28.5. The summed E-state index contributed by atoms with van der Waals surface area (Å²) in [5.74, 6) is -0.0517. The highest BCUT2D eigenvalue weighted by molar-refractivity contribution is 9.11. The zero-order valence-corrected chi connectivity index (χ0v) is 13.8. The Labute approximate surface area is 135 Å². The molecule has 0 radical (unpaired) electrons. The van der Waals surface area contributed by atoms with E-state index in [0.717, 1.165) is 15.0 Å². The second-order valence-electron chi connectivity index (χ2n) is 4.88. The van der Waals surface area contributed by atoms with E-state index in [1.165, 1.54) is 11.3 Å². The van der Waals surface area contributed by atoms with Gasteiger partial charge in [-0.15, -0.1) is 11.3 Å². The van der Waals surface area contributed by atoms with Crippen molar-refractivity contribution in [2.75, 3.05) is 18.5 Å². The van der Waals surface area contributed by atoms with E-state index in [2.05, 4.69) is 15.9 Å². The number of para-hydroxylation sites is 1. The van der Waals surface area contributed by atoms with Gasteiger partial charge in [0, 0.05) is 13.6 Å². The predicted octanol–water partition coefficient (Wildman–Crippen LogP) is 3.77. The molecule has 108 valence electrons. The van der Waals surface area contributed by atoms with Crippen molar-refractivity contribution in [1.29, 1.82) is 0 Å². The molecule has 0 atom stereocenters. The molecule has 1 aliphatic heterocycles. The number of halogens is 1. The van der Waals surface area contributed by atoms with Crippen molar-refractivity contribution in [1.82, 2.24) is 4.90 Å². The smallest absolute Gasteiger partial charge is 0.323 e. The Morgan fingerprint density at radius 1 is 1.29 bits per heavy atom. The normalized spacial score (nSPS) is 14.3. The van der Waals surface area contributed by atoms with Gasteiger partial charge >= 0.3 is 6.03 Å². The standard InChI is InChI=1S/C15H13BrN2O2S/c1-17-8-10-4-2-3-5-11(10)18(15(17)20)9-12(19)13-6-7-14(16)21-13/h2-7H,8-9H2,1H3. The van der Waals surface area contributed by atoms with Gasteiger partial charge in [-0.05, 0) is 39.7 Å². The van der Waals surface area contributed by atoms with Crippen LogP contribution in [-0.4, -0.2) is 30.3 Å². The number of anilines is 1. The second-order valence-corrected chi connectivity index (χ2v) is 7.34. The molecular weight excluding hydrogens is 352 g/mol. The molecule has 2 heterocycles. The highest BCUT2D eigenvalue weighted by atomic mass is 79.9. The monoisotopic (exact) mass is 364 g/mol. The molecule has 0 saturated carbocycles. The van der Waals surface area contributed by atoms with Crippen LogP contribution in [0.5, 0.6) is 0 Å². The van der Waals surface area contributed by atoms with Crippen molar-refractivity contribution < 1.29 is 9.59 Å². The van der Waals surface area contributed by atoms with Crippen LogP contribution >= 0.6 is 27.3 Å². The Morgan fingerprint density at radius 2 is 2.05 bits per heavy atom. The first-order valence-corrected chi connectivity index (χ1v) is 8.06. The molecule has 0 saturated heterocycles. The number of carbonyl (C=O) groups excluding carboxylic acids is 2. The van der Waals surface area contributed by atoms with Crippen LogP contribution < -0.4 is 4.90 Å². The van der Waals surface area contributed by atoms with Gasteiger partial charge in [0.1, 0.15) is 0 Å². The van der Waals surface area contributed by atoms with Crippen molar-refractivity contribution >= 4 is 44.8 Å². The zero-order chi connectivity index (χ0) is 15.0. The summed E-state index contributed by atoms with van der Waals surface area (Å²) in [5.41, 5.74) is 1.88. The number of amides is 2. The zero-order valence-electron chi connectivity index (χ0n) is 11.4. The number of hydrogen-bond donors (Lipinski definition) is 0. The van der Waals surface area contributed by atoms with Crippen molar-refractivity contribution in [3.63, 3.8) is 0 Å². The molecule has 1 aromatic heterocycles. The first kappa shape index (κ1) is 14.3. The van der Waals surface area contributed by atoms with Gasteiger partial charge in [0.05, 0.1) is 20.9 Å². The van der Waals surface area contributed by atoms with E-state index in [4.69, 9.17) is 0 Å². The maximum absolute atomic E-state index is 12.4. The number of benzene rings is 1. The fourth-order valence-corrected chi connectivity index (χ4v) is 3.69. The third-order valence-corrected chi connectivity index (χ3v) is 5.06. The van der Waals surface area contributed by atoms with Crippen LogP contribution in [0.4, 0.5) is 10.5 Å². The molecule has 3 rings (SSSR count). The molecule has 6 heteroatoms. The minimum absolute atomic E-state index is 0.0517. The number of thiophene rings is 1. The van der Waals surface area contributed by atoms with Crippen LogP contribution in [0.2, 0.25) is 0 Å². The van der Waals surface area contributed by atoms with E-state index in [1.807, 2.05) is 30.3 Å². The molecular formula is C15H13BrN2O2S. The molecule has 0 spiro atoms. The van der Waals surface area contributed by atoms with Crippen LogP contribution in [0, 0.1) is 0 Å². The lowest BCUT2D eigenvalue weighted by Gasteiger charge is -2.34. The number of ketones is 1. The largest absolute Gasteiger partial charge is 0.324 e. The minimum Gasteiger partial charge on any atom is -0.323 e. The number of urea groups is 1. The molecule has 0 fully saturated rings. The molecule has 0 aliphatic carbocycles. The van der Waals surface area contributed by atoms with Gasteiger partial charge in [-0.25, -0.2) is 4.79 Å². The van der Waals surface area contributed by atoms with Crippen molar-refractivity contribution in [3.05, 3.63) is 50.6 Å². The quantitative estimate of drug-likeness (QED) is 0.777. The number of hydrogen-bond acceptors (Lipinski definition) is 3. The SMILES string of the molecule is CN1Cc2ccccc2N(CC(=O)c2ccc(Br)s2)C1=O. The summed E-state index contributed by atoms with van der Waals surface area (Å²) >= 11 is 4.73. The summed E-state index contributed by atoms with van der Waals surface area (Å²) in [6.45, 7) is 0.636. The predicted molar refractivity (Wildman–Crippen MR) is 87.0 cm³/mol. The number of carbonyl (C=O) groups is 2. The average Bonchev–Trinajstić information content (AvgIpc) is 2.90. The average molecular weight is 365 g/mol. The van der Waals surface area contributed by atoms with Gasteiger partial charge < -0.3 is 4.90 Å². The van der Waals surface area contributed by atoms with Crippen LogP contribution in [0.3, 0.4) is 0 Å². The Kier molecular flexibility index (Phi) is 3.82. The highest BCUT2D eigenvalue weighted by Crippen LogP contribution is 2.29. The summed E-state index contributed by atoms with van der Waals surface area (Å²) in [7, 11) is 1.75. The Morgan fingerprint density at radius 3 is 2.76 bits per heavy atom. The lowest BCUT2D eigenvalue weighted by Crippen LogP contribution is -2.47. The van der Waals surface area contributed by atoms with Gasteiger partial charge in [-0.3, -0.25) is 9.69 Å². The third-order valence-electron chi connectivity index (χ3n) is 3.40. The van der Waals surface area contributed by atoms with E-state index >= 15 is 0 Å². The van der Waals surface area contributed by atoms with E-state index in [1.54, 1.807) is 22.9 Å². The molecule has 1 aliphatic rings. The van der Waals surface area contributed by atoms with Gasteiger partial charge in [-0.1, -0.05) is 18.2 Å². The molecule has 4 nitrogen and oxygen atoms in total. The van der Waals surface area contributed by atoms with Crippen LogP contribution in [-0.2, 0) is 6.54 Å². The van der Waals surface area contributed by atoms with Crippen molar-refractivity contribution in [3.8, 4) is 0 Å². The van der Waals surface area contributed by atoms with Crippen LogP contribution in [0.15, 0.2) is 40.2 Å². The van der Waals surface area contributed by atoms with Gasteiger partial charge in [0.25, 0.3) is 0 Å². The summed E-state index contributed by atoms with van der Waals surface area (Å²) in [5, 5.41) is 0. The van der Waals surface area contributed by atoms with Crippen molar-refractivity contribution in [2.45, 2.75) is 6.54 Å². The number of fused-ring (bicyclic) bond motifs is 1. The van der Waals surface area contributed by atoms with E-state index in [0.29, 0.717) is 11.4 Å². The second kappa shape index (κ2) is 5.61. The topological polar surface area (TPSA) is 40.6 Å².